The van der Waals surface area contributed by atoms with Gasteiger partial charge in [-0.1, -0.05) is 29.3 Å². The number of ether oxygens (including phenoxy) is 1. The largest absolute Gasteiger partial charge is 0.488 e. The van der Waals surface area contributed by atoms with E-state index in [-0.39, 0.29) is 18.0 Å². The van der Waals surface area contributed by atoms with Crippen LogP contribution in [0.25, 0.3) is 23.6 Å². The molecule has 0 amide bonds. The highest BCUT2D eigenvalue weighted by atomic mass is 32.1. The van der Waals surface area contributed by atoms with E-state index in [0.717, 1.165) is 22.0 Å². The fourth-order valence-electron chi connectivity index (χ4n) is 3.70. The Morgan fingerprint density at radius 1 is 1.25 bits per heavy atom. The summed E-state index contributed by atoms with van der Waals surface area (Å²) in [6, 6.07) is 12.1. The van der Waals surface area contributed by atoms with Crippen molar-refractivity contribution in [2.75, 3.05) is 0 Å². The molecular weight excluding hydrogens is 429 g/mol. The van der Waals surface area contributed by atoms with Crippen molar-refractivity contribution >= 4 is 35.1 Å². The third-order valence-corrected chi connectivity index (χ3v) is 5.97. The van der Waals surface area contributed by atoms with E-state index in [9.17, 15) is 9.18 Å². The smallest absolute Gasteiger partial charge is 0.271 e. The molecule has 0 atom stereocenters. The summed E-state index contributed by atoms with van der Waals surface area (Å²) < 4.78 is 26.2. The van der Waals surface area contributed by atoms with Gasteiger partial charge in [0.1, 0.15) is 28.1 Å². The molecule has 7 nitrogen and oxygen atoms in total. The summed E-state index contributed by atoms with van der Waals surface area (Å²) in [6.45, 7) is 4.10. The normalized spacial score (nSPS) is 13.1. The predicted molar refractivity (Wildman–Crippen MR) is 121 cm³/mol. The lowest BCUT2D eigenvalue weighted by Crippen LogP contribution is -2.22. The fraction of sp³-hybridized carbons (Fsp3) is 0.0870. The molecule has 0 fully saturated rings. The van der Waals surface area contributed by atoms with E-state index in [1.54, 1.807) is 12.1 Å². The summed E-state index contributed by atoms with van der Waals surface area (Å²) >= 11 is 1.17. The number of nitrogens with one attached hydrogen (secondary N) is 2. The number of aryl methyl sites for hydroxylation is 1. The van der Waals surface area contributed by atoms with Crippen molar-refractivity contribution in [3.8, 4) is 5.75 Å². The average molecular weight is 447 g/mol. The van der Waals surface area contributed by atoms with Crippen LogP contribution in [-0.4, -0.2) is 24.4 Å². The first-order valence-electron chi connectivity index (χ1n) is 9.76. The molecule has 32 heavy (non-hydrogen) atoms. The number of benzene rings is 2. The van der Waals surface area contributed by atoms with E-state index < -0.39 is 0 Å². The van der Waals surface area contributed by atoms with Gasteiger partial charge in [-0.25, -0.2) is 4.39 Å². The Morgan fingerprint density at radius 3 is 2.88 bits per heavy atom. The van der Waals surface area contributed by atoms with Crippen molar-refractivity contribution in [3.05, 3.63) is 96.4 Å². The summed E-state index contributed by atoms with van der Waals surface area (Å²) in [6.07, 6.45) is 3.74. The quantitative estimate of drug-likeness (QED) is 0.443. The molecule has 160 valence electrons. The lowest BCUT2D eigenvalue weighted by molar-refractivity contribution is 0.309. The molecule has 2 N–H and O–H groups in total. The second kappa shape index (κ2) is 7.93. The van der Waals surface area contributed by atoms with E-state index in [4.69, 9.17) is 4.74 Å². The Bertz CT molecular complexity index is 1710. The summed E-state index contributed by atoms with van der Waals surface area (Å²) in [5.41, 5.74) is 2.22. The number of aromatic nitrogens is 5. The standard InChI is InChI=1S/C23H18FN5O2S/c1-13-22(32-28-25-13)21-17(23(30)27-26-21)10-15-11-29(2)18-7-4-8-19(20(15)18)31-12-14-5-3-6-16(24)9-14/h3-11,26H,1,12H2,2H3,(H,27,30)/b17-10-,22-21-. The molecule has 3 aromatic heterocycles. The second-order valence-electron chi connectivity index (χ2n) is 7.33. The zero-order valence-corrected chi connectivity index (χ0v) is 17.9. The van der Waals surface area contributed by atoms with Crippen LogP contribution in [0.3, 0.4) is 0 Å². The molecule has 9 heteroatoms. The van der Waals surface area contributed by atoms with Gasteiger partial charge in [0, 0.05) is 24.2 Å². The predicted octanol–water partition coefficient (Wildman–Crippen LogP) is 2.29. The fourth-order valence-corrected chi connectivity index (χ4v) is 4.32. The maximum atomic E-state index is 13.5. The molecule has 0 bridgehead atoms. The number of nitrogens with zero attached hydrogens (tertiary/aromatic N) is 3. The molecular formula is C23H18FN5O2S. The Balaban J connectivity index is 1.69. The van der Waals surface area contributed by atoms with Crippen LogP contribution >= 0.6 is 11.5 Å². The average Bonchev–Trinajstić information content (AvgIpc) is 3.45. The van der Waals surface area contributed by atoms with Gasteiger partial charge in [-0.15, -0.1) is 5.10 Å². The van der Waals surface area contributed by atoms with Gasteiger partial charge >= 0.3 is 0 Å². The van der Waals surface area contributed by atoms with Crippen molar-refractivity contribution in [3.63, 3.8) is 0 Å². The number of H-pyrrole nitrogens is 2. The Hall–Kier alpha value is -3.98. The zero-order valence-electron chi connectivity index (χ0n) is 17.1. The number of hydrogen-bond donors (Lipinski definition) is 2. The molecule has 0 radical (unpaired) electrons. The minimum absolute atomic E-state index is 0.221. The van der Waals surface area contributed by atoms with Crippen LogP contribution < -0.4 is 20.9 Å². The molecule has 0 saturated heterocycles. The van der Waals surface area contributed by atoms with E-state index >= 15 is 0 Å². The van der Waals surface area contributed by atoms with E-state index in [1.807, 2.05) is 42.1 Å². The third-order valence-electron chi connectivity index (χ3n) is 5.19. The van der Waals surface area contributed by atoms with Gasteiger partial charge in [-0.2, -0.15) is 0 Å². The number of halogens is 1. The van der Waals surface area contributed by atoms with Gasteiger partial charge < -0.3 is 9.30 Å². The highest BCUT2D eigenvalue weighted by molar-refractivity contribution is 7.03. The van der Waals surface area contributed by atoms with Crippen molar-refractivity contribution in [1.82, 2.24) is 24.4 Å². The van der Waals surface area contributed by atoms with Crippen LogP contribution in [0.1, 0.15) is 11.1 Å². The van der Waals surface area contributed by atoms with E-state index in [2.05, 4.69) is 26.4 Å². The molecule has 0 saturated carbocycles. The number of hydrogen-bond acceptors (Lipinski definition) is 5. The van der Waals surface area contributed by atoms with Gasteiger partial charge in [0.2, 0.25) is 0 Å². The Morgan fingerprint density at radius 2 is 2.09 bits per heavy atom. The molecule has 5 rings (SSSR count). The van der Waals surface area contributed by atoms with Gasteiger partial charge in [0.25, 0.3) is 5.56 Å². The minimum Gasteiger partial charge on any atom is -0.488 e. The van der Waals surface area contributed by atoms with Crippen LogP contribution in [0.15, 0.2) is 53.5 Å². The van der Waals surface area contributed by atoms with Gasteiger partial charge in [-0.3, -0.25) is 15.0 Å². The summed E-state index contributed by atoms with van der Waals surface area (Å²) in [7, 11) is 1.93. The van der Waals surface area contributed by atoms with Crippen molar-refractivity contribution in [2.45, 2.75) is 6.61 Å². The Kier molecular flexibility index (Phi) is 4.95. The lowest BCUT2D eigenvalue weighted by Gasteiger charge is -2.09. The topological polar surface area (TPSA) is 88.6 Å². The SMILES string of the molecule is C=c1nns/c1=c1\[nH][nH]c(=O)\c1=C/c1cn(C)c2cccc(OCc3cccc(F)c3)c12. The lowest BCUT2D eigenvalue weighted by atomic mass is 10.1. The van der Waals surface area contributed by atoms with Crippen LogP contribution in [-0.2, 0) is 13.7 Å². The van der Waals surface area contributed by atoms with Crippen LogP contribution in [0.2, 0.25) is 0 Å². The van der Waals surface area contributed by atoms with Gasteiger partial charge in [0.15, 0.2) is 0 Å². The molecule has 0 aliphatic carbocycles. The first-order valence-corrected chi connectivity index (χ1v) is 10.5. The van der Waals surface area contributed by atoms with Crippen molar-refractivity contribution in [2.24, 2.45) is 7.05 Å². The van der Waals surface area contributed by atoms with Gasteiger partial charge in [0.05, 0.1) is 16.1 Å². The van der Waals surface area contributed by atoms with Crippen molar-refractivity contribution < 1.29 is 9.13 Å². The molecule has 0 spiro atoms. The monoisotopic (exact) mass is 447 g/mol. The minimum atomic E-state index is -0.306. The second-order valence-corrected chi connectivity index (χ2v) is 8.08. The molecule has 0 unspecified atom stereocenters. The molecule has 3 heterocycles. The van der Waals surface area contributed by atoms with Crippen molar-refractivity contribution in [1.29, 1.82) is 0 Å². The maximum absolute atomic E-state index is 13.5. The summed E-state index contributed by atoms with van der Waals surface area (Å²) in [4.78, 5) is 12.6. The summed E-state index contributed by atoms with van der Waals surface area (Å²) in [5.74, 6) is 0.337. The number of fused-ring (bicyclic) bond motifs is 1. The van der Waals surface area contributed by atoms with Gasteiger partial charge in [-0.05, 0) is 47.4 Å². The van der Waals surface area contributed by atoms with Crippen LogP contribution in [0, 0.1) is 15.7 Å². The molecule has 5 aromatic rings. The Labute approximate surface area is 184 Å². The van der Waals surface area contributed by atoms with Crippen LogP contribution in [0.5, 0.6) is 5.75 Å². The third kappa shape index (κ3) is 3.52. The molecule has 0 aliphatic heterocycles. The number of rotatable bonds is 4. The zero-order chi connectivity index (χ0) is 22.2. The summed E-state index contributed by atoms with van der Waals surface area (Å²) in [5, 5.41) is 11.9. The first kappa shape index (κ1) is 20.0. The number of aromatic amines is 2. The molecule has 0 aliphatic rings. The highest BCUT2D eigenvalue weighted by Crippen LogP contribution is 2.31. The maximum Gasteiger partial charge on any atom is 0.271 e. The first-order chi connectivity index (χ1) is 15.5. The van der Waals surface area contributed by atoms with E-state index in [0.29, 0.717) is 26.2 Å². The van der Waals surface area contributed by atoms with E-state index in [1.165, 1.54) is 23.7 Å². The van der Waals surface area contributed by atoms with Crippen LogP contribution in [0.4, 0.5) is 4.39 Å². The highest BCUT2D eigenvalue weighted by Gasteiger charge is 2.12. The molecule has 2 aromatic carbocycles.